The van der Waals surface area contributed by atoms with Crippen LogP contribution >= 0.6 is 0 Å². The third-order valence-electron chi connectivity index (χ3n) is 6.48. The van der Waals surface area contributed by atoms with Gasteiger partial charge in [0.15, 0.2) is 0 Å². The van der Waals surface area contributed by atoms with E-state index in [1.807, 2.05) is 5.32 Å². The van der Waals surface area contributed by atoms with Crippen molar-refractivity contribution in [3.05, 3.63) is 29.8 Å². The van der Waals surface area contributed by atoms with E-state index >= 15 is 0 Å². The zero-order valence-corrected chi connectivity index (χ0v) is 14.9. The van der Waals surface area contributed by atoms with E-state index in [9.17, 15) is 22.8 Å². The number of alkyl halides is 3. The summed E-state index contributed by atoms with van der Waals surface area (Å²) in [7, 11) is 0. The van der Waals surface area contributed by atoms with E-state index in [1.165, 1.54) is 25.3 Å². The maximum absolute atomic E-state index is 13.0. The van der Waals surface area contributed by atoms with E-state index in [4.69, 9.17) is 0 Å². The Balaban J connectivity index is 1.43. The molecule has 4 aliphatic carbocycles. The van der Waals surface area contributed by atoms with E-state index < -0.39 is 12.1 Å². The molecule has 4 saturated carbocycles. The normalized spacial score (nSPS) is 31.6. The molecule has 0 aromatic heterocycles. The highest BCUT2D eigenvalue weighted by Crippen LogP contribution is 2.60. The lowest BCUT2D eigenvalue weighted by Crippen LogP contribution is -2.53. The molecule has 2 amide bonds. The van der Waals surface area contributed by atoms with Gasteiger partial charge in [0.25, 0.3) is 0 Å². The Hall–Kier alpha value is -2.05. The zero-order chi connectivity index (χ0) is 19.2. The van der Waals surface area contributed by atoms with Gasteiger partial charge >= 0.3 is 12.1 Å². The van der Waals surface area contributed by atoms with Gasteiger partial charge in [-0.2, -0.15) is 13.2 Å². The van der Waals surface area contributed by atoms with Gasteiger partial charge in [-0.3, -0.25) is 9.59 Å². The minimum absolute atomic E-state index is 0.0125. The Labute approximate surface area is 155 Å². The molecule has 5 rings (SSSR count). The second-order valence-corrected chi connectivity index (χ2v) is 8.49. The molecular weight excluding hydrogens is 357 g/mol. The lowest BCUT2D eigenvalue weighted by molar-refractivity contribution is -0.167. The first-order chi connectivity index (χ1) is 12.7. The largest absolute Gasteiger partial charge is 0.471 e. The number of hydrogen-bond donors (Lipinski definition) is 2. The van der Waals surface area contributed by atoms with Crippen LogP contribution in [0, 0.1) is 23.2 Å². The fraction of sp³-hybridized carbons (Fsp3) is 0.600. The number of halogens is 3. The summed E-state index contributed by atoms with van der Waals surface area (Å²) in [5.74, 6) is -0.0815. The van der Waals surface area contributed by atoms with Gasteiger partial charge in [0, 0.05) is 17.6 Å². The average molecular weight is 380 g/mol. The molecular formula is C20H23F3N2O2. The molecule has 4 bridgehead atoms. The molecule has 1 aromatic rings. The average Bonchev–Trinajstić information content (AvgIpc) is 2.58. The summed E-state index contributed by atoms with van der Waals surface area (Å²) in [6.07, 6.45) is 1.54. The topological polar surface area (TPSA) is 58.2 Å². The van der Waals surface area contributed by atoms with Gasteiger partial charge in [-0.25, -0.2) is 0 Å². The number of carbonyl (C=O) groups is 2. The van der Waals surface area contributed by atoms with Crippen molar-refractivity contribution < 1.29 is 22.8 Å². The zero-order valence-electron chi connectivity index (χ0n) is 14.9. The van der Waals surface area contributed by atoms with Crippen LogP contribution in [0.2, 0.25) is 0 Å². The van der Waals surface area contributed by atoms with Crippen LogP contribution in [0.15, 0.2) is 24.3 Å². The number of amides is 2. The van der Waals surface area contributed by atoms with Gasteiger partial charge < -0.3 is 10.6 Å². The molecule has 146 valence electrons. The van der Waals surface area contributed by atoms with Crippen molar-refractivity contribution in [2.45, 2.75) is 51.2 Å². The van der Waals surface area contributed by atoms with E-state index in [0.717, 1.165) is 19.3 Å². The Morgan fingerprint density at radius 2 is 1.56 bits per heavy atom. The second-order valence-electron chi connectivity index (χ2n) is 8.49. The molecule has 4 nitrogen and oxygen atoms in total. The Kier molecular flexibility index (Phi) is 4.43. The highest BCUT2D eigenvalue weighted by atomic mass is 19.4. The van der Waals surface area contributed by atoms with Gasteiger partial charge in [-0.1, -0.05) is 18.2 Å². The summed E-state index contributed by atoms with van der Waals surface area (Å²) >= 11 is 0. The third kappa shape index (κ3) is 3.56. The van der Waals surface area contributed by atoms with Crippen LogP contribution in [-0.2, 0) is 16.1 Å². The van der Waals surface area contributed by atoms with Gasteiger partial charge in [-0.05, 0) is 67.9 Å². The van der Waals surface area contributed by atoms with Crippen LogP contribution in [0.1, 0.15) is 44.1 Å². The molecule has 7 heteroatoms. The quantitative estimate of drug-likeness (QED) is 0.829. The van der Waals surface area contributed by atoms with Crippen LogP contribution in [0.4, 0.5) is 18.9 Å². The summed E-state index contributed by atoms with van der Waals surface area (Å²) in [6, 6.07) is 6.26. The van der Waals surface area contributed by atoms with Crippen LogP contribution in [-0.4, -0.2) is 18.0 Å². The van der Waals surface area contributed by atoms with Crippen molar-refractivity contribution in [2.24, 2.45) is 23.2 Å². The lowest BCUT2D eigenvalue weighted by Gasteiger charge is -2.55. The summed E-state index contributed by atoms with van der Waals surface area (Å²) in [4.78, 5) is 24.2. The van der Waals surface area contributed by atoms with Gasteiger partial charge in [0.1, 0.15) is 0 Å². The third-order valence-corrected chi connectivity index (χ3v) is 6.48. The molecule has 0 saturated heterocycles. The minimum atomic E-state index is -4.95. The Morgan fingerprint density at radius 3 is 2.11 bits per heavy atom. The monoisotopic (exact) mass is 380 g/mol. The predicted octanol–water partition coefficient (Wildman–Crippen LogP) is 4.02. The number of para-hydroxylation sites is 1. The fourth-order valence-corrected chi connectivity index (χ4v) is 5.74. The number of benzene rings is 1. The highest BCUT2D eigenvalue weighted by Gasteiger charge is 2.54. The van der Waals surface area contributed by atoms with Crippen molar-refractivity contribution in [1.82, 2.24) is 5.32 Å². The van der Waals surface area contributed by atoms with Crippen LogP contribution < -0.4 is 10.6 Å². The van der Waals surface area contributed by atoms with Crippen LogP contribution in [0.3, 0.4) is 0 Å². The van der Waals surface area contributed by atoms with Gasteiger partial charge in [-0.15, -0.1) is 0 Å². The second kappa shape index (κ2) is 6.53. The predicted molar refractivity (Wildman–Crippen MR) is 93.6 cm³/mol. The lowest BCUT2D eigenvalue weighted by atomic mass is 9.49. The molecule has 0 aliphatic heterocycles. The molecule has 0 unspecified atom stereocenters. The Bertz CT molecular complexity index is 725. The standard InChI is InChI=1S/C20H23F3N2O2/c21-20(22,23)18(27)25-16-4-2-1-3-15(16)11-24-17(26)19-8-12-5-13(9-19)7-14(6-12)10-19/h1-4,12-14H,5-11H2,(H,24,26)(H,25,27). The molecule has 0 radical (unpaired) electrons. The summed E-state index contributed by atoms with van der Waals surface area (Å²) < 4.78 is 37.6. The van der Waals surface area contributed by atoms with E-state index in [1.54, 1.807) is 18.2 Å². The maximum atomic E-state index is 13.0. The molecule has 0 atom stereocenters. The fourth-order valence-electron chi connectivity index (χ4n) is 5.74. The van der Waals surface area contributed by atoms with Crippen molar-refractivity contribution in [1.29, 1.82) is 0 Å². The van der Waals surface area contributed by atoms with E-state index in [0.29, 0.717) is 23.3 Å². The minimum Gasteiger partial charge on any atom is -0.351 e. The van der Waals surface area contributed by atoms with E-state index in [2.05, 4.69) is 5.32 Å². The van der Waals surface area contributed by atoms with Crippen molar-refractivity contribution in [2.75, 3.05) is 5.32 Å². The highest BCUT2D eigenvalue weighted by molar-refractivity contribution is 5.95. The molecule has 0 spiro atoms. The first-order valence-electron chi connectivity index (χ1n) is 9.49. The molecule has 4 fully saturated rings. The van der Waals surface area contributed by atoms with Crippen LogP contribution in [0.5, 0.6) is 0 Å². The van der Waals surface area contributed by atoms with E-state index in [-0.39, 0.29) is 23.6 Å². The number of nitrogens with one attached hydrogen (secondary N) is 2. The van der Waals surface area contributed by atoms with Crippen LogP contribution in [0.25, 0.3) is 0 Å². The maximum Gasteiger partial charge on any atom is 0.471 e. The summed E-state index contributed by atoms with van der Waals surface area (Å²) in [5.41, 5.74) is 0.234. The molecule has 4 aliphatic rings. The first kappa shape index (κ1) is 18.3. The van der Waals surface area contributed by atoms with Gasteiger partial charge in [0.05, 0.1) is 0 Å². The number of rotatable bonds is 4. The van der Waals surface area contributed by atoms with Crippen molar-refractivity contribution in [3.8, 4) is 0 Å². The molecule has 1 aromatic carbocycles. The number of carbonyl (C=O) groups excluding carboxylic acids is 2. The molecule has 27 heavy (non-hydrogen) atoms. The molecule has 2 N–H and O–H groups in total. The molecule has 0 heterocycles. The first-order valence-corrected chi connectivity index (χ1v) is 9.49. The van der Waals surface area contributed by atoms with Crippen molar-refractivity contribution >= 4 is 17.5 Å². The summed E-state index contributed by atoms with van der Waals surface area (Å²) in [6.45, 7) is 0.106. The van der Waals surface area contributed by atoms with Crippen molar-refractivity contribution in [3.63, 3.8) is 0 Å². The summed E-state index contributed by atoms with van der Waals surface area (Å²) in [5, 5.41) is 4.83. The Morgan fingerprint density at radius 1 is 1.00 bits per heavy atom. The number of anilines is 1. The SMILES string of the molecule is O=C(Nc1ccccc1CNC(=O)C12CC3CC(CC(C3)C1)C2)C(F)(F)F. The van der Waals surface area contributed by atoms with Gasteiger partial charge in [0.2, 0.25) is 5.91 Å². The number of hydrogen-bond acceptors (Lipinski definition) is 2. The smallest absolute Gasteiger partial charge is 0.351 e.